The Morgan fingerprint density at radius 2 is 2.00 bits per heavy atom. The molecule has 0 aromatic heterocycles. The SMILES string of the molecule is CCCCCN(C)c1ccc(/C(N)=N/O)c(C(F)(F)F)c1. The van der Waals surface area contributed by atoms with Crippen molar-refractivity contribution in [1.29, 1.82) is 0 Å². The zero-order chi connectivity index (χ0) is 16.0. The molecule has 0 bridgehead atoms. The number of nitrogens with zero attached hydrogens (tertiary/aromatic N) is 2. The summed E-state index contributed by atoms with van der Waals surface area (Å²) < 4.78 is 39.3. The average molecular weight is 303 g/mol. The minimum atomic E-state index is -4.56. The molecule has 1 aromatic rings. The first-order valence-corrected chi connectivity index (χ1v) is 6.71. The van der Waals surface area contributed by atoms with Crippen LogP contribution < -0.4 is 10.6 Å². The van der Waals surface area contributed by atoms with Crippen molar-refractivity contribution in [1.82, 2.24) is 0 Å². The summed E-state index contributed by atoms with van der Waals surface area (Å²) in [7, 11) is 1.74. The Kier molecular flexibility index (Phi) is 5.87. The molecule has 0 heterocycles. The van der Waals surface area contributed by atoms with E-state index in [4.69, 9.17) is 10.9 Å². The van der Waals surface area contributed by atoms with Crippen molar-refractivity contribution in [3.05, 3.63) is 29.3 Å². The van der Waals surface area contributed by atoms with E-state index in [2.05, 4.69) is 12.1 Å². The second-order valence-corrected chi connectivity index (χ2v) is 4.84. The van der Waals surface area contributed by atoms with Crippen LogP contribution in [-0.2, 0) is 6.18 Å². The van der Waals surface area contributed by atoms with Crippen molar-refractivity contribution in [2.45, 2.75) is 32.4 Å². The standard InChI is InChI=1S/C14H20F3N3O/c1-3-4-5-8-20(2)10-6-7-11(13(18)19-21)12(9-10)14(15,16)17/h6-7,9,21H,3-5,8H2,1-2H3,(H2,18,19). The summed E-state index contributed by atoms with van der Waals surface area (Å²) >= 11 is 0. The van der Waals surface area contributed by atoms with Crippen LogP contribution in [0, 0.1) is 0 Å². The van der Waals surface area contributed by atoms with Crippen molar-refractivity contribution >= 4 is 11.5 Å². The van der Waals surface area contributed by atoms with Gasteiger partial charge >= 0.3 is 6.18 Å². The van der Waals surface area contributed by atoms with Gasteiger partial charge in [0.2, 0.25) is 0 Å². The average Bonchev–Trinajstić information content (AvgIpc) is 2.45. The number of hydrogen-bond acceptors (Lipinski definition) is 3. The minimum absolute atomic E-state index is 0.323. The molecule has 1 aromatic carbocycles. The quantitative estimate of drug-likeness (QED) is 0.278. The van der Waals surface area contributed by atoms with E-state index in [1.54, 1.807) is 11.9 Å². The van der Waals surface area contributed by atoms with Gasteiger partial charge in [-0.25, -0.2) is 0 Å². The number of rotatable bonds is 6. The summed E-state index contributed by atoms with van der Waals surface area (Å²) in [5.41, 5.74) is 4.53. The van der Waals surface area contributed by atoms with Crippen molar-refractivity contribution in [3.63, 3.8) is 0 Å². The number of amidine groups is 1. The largest absolute Gasteiger partial charge is 0.417 e. The smallest absolute Gasteiger partial charge is 0.409 e. The van der Waals surface area contributed by atoms with Crippen LogP contribution in [0.15, 0.2) is 23.4 Å². The Bertz CT molecular complexity index is 501. The Labute approximate surface area is 122 Å². The van der Waals surface area contributed by atoms with E-state index in [1.807, 2.05) is 0 Å². The molecule has 0 amide bonds. The first-order valence-electron chi connectivity index (χ1n) is 6.71. The lowest BCUT2D eigenvalue weighted by molar-refractivity contribution is -0.137. The van der Waals surface area contributed by atoms with E-state index < -0.39 is 17.6 Å². The molecule has 0 unspecified atom stereocenters. The third-order valence-electron chi connectivity index (χ3n) is 3.23. The fraction of sp³-hybridized carbons (Fsp3) is 0.500. The summed E-state index contributed by atoms with van der Waals surface area (Å²) in [5, 5.41) is 11.2. The molecule has 0 aliphatic heterocycles. The monoisotopic (exact) mass is 303 g/mol. The number of unbranched alkanes of at least 4 members (excludes halogenated alkanes) is 2. The fourth-order valence-electron chi connectivity index (χ4n) is 2.01. The number of nitrogens with two attached hydrogens (primary N) is 1. The highest BCUT2D eigenvalue weighted by Crippen LogP contribution is 2.34. The number of anilines is 1. The van der Waals surface area contributed by atoms with Crippen molar-refractivity contribution in [3.8, 4) is 0 Å². The number of benzene rings is 1. The predicted molar refractivity (Wildman–Crippen MR) is 76.7 cm³/mol. The highest BCUT2D eigenvalue weighted by Gasteiger charge is 2.35. The van der Waals surface area contributed by atoms with E-state index >= 15 is 0 Å². The molecule has 21 heavy (non-hydrogen) atoms. The number of halogens is 3. The van der Waals surface area contributed by atoms with Crippen LogP contribution in [0.2, 0.25) is 0 Å². The van der Waals surface area contributed by atoms with Gasteiger partial charge in [-0.1, -0.05) is 24.9 Å². The van der Waals surface area contributed by atoms with Crippen molar-refractivity contribution in [2.75, 3.05) is 18.5 Å². The van der Waals surface area contributed by atoms with Gasteiger partial charge in [0.15, 0.2) is 5.84 Å². The van der Waals surface area contributed by atoms with Gasteiger partial charge in [0.05, 0.1) is 5.56 Å². The maximum absolute atomic E-state index is 13.1. The number of hydrogen-bond donors (Lipinski definition) is 2. The summed E-state index contributed by atoms with van der Waals surface area (Å²) in [6.45, 7) is 2.74. The van der Waals surface area contributed by atoms with Crippen LogP contribution in [0.4, 0.5) is 18.9 Å². The van der Waals surface area contributed by atoms with Gasteiger partial charge in [0, 0.05) is 24.8 Å². The predicted octanol–water partition coefficient (Wildman–Crippen LogP) is 3.43. The van der Waals surface area contributed by atoms with Gasteiger partial charge in [-0.2, -0.15) is 13.2 Å². The van der Waals surface area contributed by atoms with Gasteiger partial charge in [0.25, 0.3) is 0 Å². The van der Waals surface area contributed by atoms with Gasteiger partial charge in [-0.3, -0.25) is 0 Å². The molecule has 1 rings (SSSR count). The molecule has 0 radical (unpaired) electrons. The molecule has 0 saturated carbocycles. The first-order chi connectivity index (χ1) is 9.81. The molecule has 3 N–H and O–H groups in total. The zero-order valence-corrected chi connectivity index (χ0v) is 12.1. The maximum atomic E-state index is 13.1. The third-order valence-corrected chi connectivity index (χ3v) is 3.23. The normalized spacial score (nSPS) is 12.5. The highest BCUT2D eigenvalue weighted by molar-refractivity contribution is 5.99. The maximum Gasteiger partial charge on any atom is 0.417 e. The van der Waals surface area contributed by atoms with Gasteiger partial charge < -0.3 is 15.8 Å². The zero-order valence-electron chi connectivity index (χ0n) is 12.1. The summed E-state index contributed by atoms with van der Waals surface area (Å²) in [5.74, 6) is -0.553. The van der Waals surface area contributed by atoms with E-state index in [0.717, 1.165) is 25.3 Å². The minimum Gasteiger partial charge on any atom is -0.409 e. The summed E-state index contributed by atoms with van der Waals surface area (Å²) in [4.78, 5) is 1.76. The lowest BCUT2D eigenvalue weighted by atomic mass is 10.0. The Morgan fingerprint density at radius 1 is 1.33 bits per heavy atom. The van der Waals surface area contributed by atoms with Crippen molar-refractivity contribution in [2.24, 2.45) is 10.9 Å². The molecule has 4 nitrogen and oxygen atoms in total. The molecular formula is C14H20F3N3O. The van der Waals surface area contributed by atoms with E-state index in [-0.39, 0.29) is 5.56 Å². The van der Waals surface area contributed by atoms with Crippen LogP contribution in [0.3, 0.4) is 0 Å². The van der Waals surface area contributed by atoms with E-state index in [9.17, 15) is 13.2 Å². The molecule has 118 valence electrons. The van der Waals surface area contributed by atoms with Crippen LogP contribution in [-0.4, -0.2) is 24.6 Å². The van der Waals surface area contributed by atoms with E-state index in [1.165, 1.54) is 12.1 Å². The van der Waals surface area contributed by atoms with Crippen LogP contribution in [0.1, 0.15) is 37.3 Å². The van der Waals surface area contributed by atoms with E-state index in [0.29, 0.717) is 12.2 Å². The molecule has 0 saturated heterocycles. The number of oxime groups is 1. The van der Waals surface area contributed by atoms with Gasteiger partial charge in [-0.05, 0) is 24.6 Å². The Hall–Kier alpha value is -1.92. The Balaban J connectivity index is 3.10. The van der Waals surface area contributed by atoms with Crippen LogP contribution in [0.5, 0.6) is 0 Å². The van der Waals surface area contributed by atoms with Crippen LogP contribution >= 0.6 is 0 Å². The van der Waals surface area contributed by atoms with Gasteiger partial charge in [0.1, 0.15) is 0 Å². The third kappa shape index (κ3) is 4.54. The lowest BCUT2D eigenvalue weighted by Gasteiger charge is -2.21. The fourth-order valence-corrected chi connectivity index (χ4v) is 2.01. The molecule has 0 aliphatic carbocycles. The summed E-state index contributed by atoms with van der Waals surface area (Å²) in [6.07, 6.45) is -1.58. The first kappa shape index (κ1) is 17.1. The van der Waals surface area contributed by atoms with Crippen LogP contribution in [0.25, 0.3) is 0 Å². The molecular weight excluding hydrogens is 283 g/mol. The topological polar surface area (TPSA) is 61.8 Å². The second-order valence-electron chi connectivity index (χ2n) is 4.84. The number of alkyl halides is 3. The highest BCUT2D eigenvalue weighted by atomic mass is 19.4. The molecule has 0 spiro atoms. The second kappa shape index (κ2) is 7.19. The van der Waals surface area contributed by atoms with Gasteiger partial charge in [-0.15, -0.1) is 0 Å². The molecule has 7 heteroatoms. The summed E-state index contributed by atoms with van der Waals surface area (Å²) in [6, 6.07) is 3.79. The molecule has 0 fully saturated rings. The molecule has 0 atom stereocenters. The lowest BCUT2D eigenvalue weighted by Crippen LogP contribution is -2.23. The van der Waals surface area contributed by atoms with Crippen molar-refractivity contribution < 1.29 is 18.4 Å². The molecule has 0 aliphatic rings. The Morgan fingerprint density at radius 3 is 2.52 bits per heavy atom.